The van der Waals surface area contributed by atoms with Gasteiger partial charge in [-0.25, -0.2) is 0 Å². The van der Waals surface area contributed by atoms with Crippen LogP contribution in [0.5, 0.6) is 0 Å². The summed E-state index contributed by atoms with van der Waals surface area (Å²) < 4.78 is 0. The van der Waals surface area contributed by atoms with Gasteiger partial charge in [0.25, 0.3) is 0 Å². The van der Waals surface area contributed by atoms with Crippen LogP contribution in [0.1, 0.15) is 77.0 Å². The average Bonchev–Trinajstić information content (AvgIpc) is 2.37. The van der Waals surface area contributed by atoms with Crippen molar-refractivity contribution in [2.75, 3.05) is 0 Å². The Morgan fingerprint density at radius 3 is 1.83 bits per heavy atom. The third-order valence-corrected chi connectivity index (χ3v) is 3.49. The first-order valence-corrected chi connectivity index (χ1v) is 7.71. The summed E-state index contributed by atoms with van der Waals surface area (Å²) in [4.78, 5) is 11.6. The number of rotatable bonds is 0. The van der Waals surface area contributed by atoms with E-state index in [2.05, 4.69) is 24.3 Å². The van der Waals surface area contributed by atoms with Crippen LogP contribution < -0.4 is 0 Å². The molecular weight excluding hydrogens is 220 g/mol. The van der Waals surface area contributed by atoms with Crippen LogP contribution in [-0.4, -0.2) is 5.78 Å². The average molecular weight is 248 g/mol. The molecule has 0 saturated carbocycles. The predicted molar refractivity (Wildman–Crippen MR) is 78.7 cm³/mol. The van der Waals surface area contributed by atoms with E-state index in [0.717, 1.165) is 44.9 Å². The lowest BCUT2D eigenvalue weighted by atomic mass is 10.0. The summed E-state index contributed by atoms with van der Waals surface area (Å²) in [6.45, 7) is 0. The molecule has 1 nitrogen and oxygen atoms in total. The Morgan fingerprint density at radius 2 is 1.06 bits per heavy atom. The monoisotopic (exact) mass is 248 g/mol. The van der Waals surface area contributed by atoms with Gasteiger partial charge in [-0.05, 0) is 44.9 Å². The first-order valence-electron chi connectivity index (χ1n) is 7.71. The maximum absolute atomic E-state index is 11.6. The van der Waals surface area contributed by atoms with Gasteiger partial charge in [-0.15, -0.1) is 0 Å². The van der Waals surface area contributed by atoms with E-state index in [9.17, 15) is 4.79 Å². The fourth-order valence-corrected chi connectivity index (χ4v) is 2.32. The Labute approximate surface area is 112 Å². The van der Waals surface area contributed by atoms with Gasteiger partial charge < -0.3 is 0 Å². The number of carbonyl (C=O) groups is 1. The minimum Gasteiger partial charge on any atom is -0.300 e. The number of hydrogen-bond acceptors (Lipinski definition) is 1. The Hall–Kier alpha value is -0.850. The van der Waals surface area contributed by atoms with Crippen LogP contribution in [0.15, 0.2) is 24.3 Å². The third kappa shape index (κ3) is 9.21. The fraction of sp³-hybridized carbons (Fsp3) is 0.706. The van der Waals surface area contributed by atoms with E-state index in [4.69, 9.17) is 0 Å². The summed E-state index contributed by atoms with van der Waals surface area (Å²) >= 11 is 0. The van der Waals surface area contributed by atoms with E-state index < -0.39 is 0 Å². The van der Waals surface area contributed by atoms with Crippen LogP contribution in [0, 0.1) is 0 Å². The van der Waals surface area contributed by atoms with Gasteiger partial charge in [0.15, 0.2) is 0 Å². The van der Waals surface area contributed by atoms with Gasteiger partial charge in [-0.3, -0.25) is 4.79 Å². The maximum Gasteiger partial charge on any atom is 0.132 e. The van der Waals surface area contributed by atoms with Crippen LogP contribution in [-0.2, 0) is 4.79 Å². The van der Waals surface area contributed by atoms with Crippen molar-refractivity contribution >= 4 is 5.78 Å². The third-order valence-electron chi connectivity index (χ3n) is 3.49. The molecule has 0 bridgehead atoms. The number of hydrogen-bond donors (Lipinski definition) is 0. The molecule has 0 saturated heterocycles. The molecule has 0 N–H and O–H groups in total. The number of ketones is 1. The van der Waals surface area contributed by atoms with Crippen molar-refractivity contribution in [1.29, 1.82) is 0 Å². The molecule has 0 aromatic heterocycles. The Balaban J connectivity index is 2.24. The first-order chi connectivity index (χ1) is 8.89. The molecule has 0 aliphatic heterocycles. The fourth-order valence-electron chi connectivity index (χ4n) is 2.32. The second-order valence-electron chi connectivity index (χ2n) is 5.26. The molecule has 1 aliphatic rings. The largest absolute Gasteiger partial charge is 0.300 e. The van der Waals surface area contributed by atoms with E-state index in [1.54, 1.807) is 0 Å². The highest BCUT2D eigenvalue weighted by atomic mass is 16.1. The molecule has 0 spiro atoms. The van der Waals surface area contributed by atoms with Crippen molar-refractivity contribution in [2.24, 2.45) is 0 Å². The highest BCUT2D eigenvalue weighted by Gasteiger charge is 2.00. The van der Waals surface area contributed by atoms with Crippen LogP contribution in [0.4, 0.5) is 0 Å². The Kier molecular flexibility index (Phi) is 9.51. The molecule has 0 amide bonds. The van der Waals surface area contributed by atoms with Crippen molar-refractivity contribution in [3.05, 3.63) is 24.3 Å². The lowest BCUT2D eigenvalue weighted by Crippen LogP contribution is -1.97. The molecule has 102 valence electrons. The number of carbonyl (C=O) groups excluding carboxylic acids is 1. The van der Waals surface area contributed by atoms with Gasteiger partial charge in [-0.1, -0.05) is 43.6 Å². The van der Waals surface area contributed by atoms with Gasteiger partial charge in [-0.2, -0.15) is 0 Å². The quantitative estimate of drug-likeness (QED) is 0.527. The summed E-state index contributed by atoms with van der Waals surface area (Å²) in [7, 11) is 0. The number of allylic oxidation sites excluding steroid dienone is 4. The molecule has 0 atom stereocenters. The van der Waals surface area contributed by atoms with Gasteiger partial charge in [0.2, 0.25) is 0 Å². The minimum absolute atomic E-state index is 0.467. The summed E-state index contributed by atoms with van der Waals surface area (Å²) in [5.41, 5.74) is 0. The van der Waals surface area contributed by atoms with Crippen molar-refractivity contribution in [3.8, 4) is 0 Å². The van der Waals surface area contributed by atoms with Crippen molar-refractivity contribution in [2.45, 2.75) is 77.0 Å². The standard InChI is InChI=1S/C17H28O/c18-17-15-13-11-9-7-5-3-1-2-4-6-8-10-12-14-16-17/h1-2,7,9H,3-6,8,10-16H2. The molecule has 18 heavy (non-hydrogen) atoms. The molecule has 0 radical (unpaired) electrons. The summed E-state index contributed by atoms with van der Waals surface area (Å²) in [5, 5.41) is 0. The van der Waals surface area contributed by atoms with E-state index in [0.29, 0.717) is 5.78 Å². The van der Waals surface area contributed by atoms with Gasteiger partial charge in [0.1, 0.15) is 5.78 Å². The zero-order valence-electron chi connectivity index (χ0n) is 11.7. The van der Waals surface area contributed by atoms with E-state index in [1.165, 1.54) is 32.1 Å². The topological polar surface area (TPSA) is 17.1 Å². The van der Waals surface area contributed by atoms with Crippen LogP contribution in [0.25, 0.3) is 0 Å². The van der Waals surface area contributed by atoms with Crippen LogP contribution in [0.2, 0.25) is 0 Å². The lowest BCUT2D eigenvalue weighted by molar-refractivity contribution is -0.119. The van der Waals surface area contributed by atoms with Gasteiger partial charge in [0.05, 0.1) is 0 Å². The molecular formula is C17H28O. The second kappa shape index (κ2) is 11.3. The Morgan fingerprint density at radius 1 is 0.556 bits per heavy atom. The normalized spacial score (nSPS) is 21.7. The molecule has 0 fully saturated rings. The molecule has 1 rings (SSSR count). The van der Waals surface area contributed by atoms with Crippen LogP contribution in [0.3, 0.4) is 0 Å². The van der Waals surface area contributed by atoms with Crippen molar-refractivity contribution in [1.82, 2.24) is 0 Å². The molecule has 0 unspecified atom stereocenters. The minimum atomic E-state index is 0.467. The number of Topliss-reactive ketones (excluding diaryl/α,β-unsaturated/α-hetero) is 1. The summed E-state index contributed by atoms with van der Waals surface area (Å²) in [6.07, 6.45) is 22.6. The van der Waals surface area contributed by atoms with Crippen LogP contribution >= 0.6 is 0 Å². The SMILES string of the molecule is O=C1CCCC=CCCC=CCCCCCCC1. The second-order valence-corrected chi connectivity index (χ2v) is 5.26. The molecule has 1 heteroatoms. The smallest absolute Gasteiger partial charge is 0.132 e. The van der Waals surface area contributed by atoms with E-state index >= 15 is 0 Å². The van der Waals surface area contributed by atoms with Crippen molar-refractivity contribution < 1.29 is 4.79 Å². The predicted octanol–water partition coefficient (Wildman–Crippen LogP) is 5.36. The van der Waals surface area contributed by atoms with Gasteiger partial charge >= 0.3 is 0 Å². The maximum atomic E-state index is 11.6. The highest BCUT2D eigenvalue weighted by Crippen LogP contribution is 2.10. The highest BCUT2D eigenvalue weighted by molar-refractivity contribution is 5.78. The molecule has 1 aliphatic carbocycles. The molecule has 0 aromatic carbocycles. The summed E-state index contributed by atoms with van der Waals surface area (Å²) in [6, 6.07) is 0. The van der Waals surface area contributed by atoms with E-state index in [1.807, 2.05) is 0 Å². The molecule has 0 aromatic rings. The summed E-state index contributed by atoms with van der Waals surface area (Å²) in [5.74, 6) is 0.467. The van der Waals surface area contributed by atoms with Gasteiger partial charge in [0, 0.05) is 12.8 Å². The zero-order chi connectivity index (χ0) is 12.9. The van der Waals surface area contributed by atoms with E-state index in [-0.39, 0.29) is 0 Å². The van der Waals surface area contributed by atoms with Crippen molar-refractivity contribution in [3.63, 3.8) is 0 Å². The Bertz CT molecular complexity index is 263. The molecule has 0 heterocycles. The zero-order valence-corrected chi connectivity index (χ0v) is 11.7. The first kappa shape index (κ1) is 15.2. The lowest BCUT2D eigenvalue weighted by Gasteiger charge is -2.01.